The van der Waals surface area contributed by atoms with Crippen molar-refractivity contribution in [2.45, 2.75) is 6.04 Å². The molecule has 1 aromatic rings. The highest BCUT2D eigenvalue weighted by atomic mass is 16.3. The van der Waals surface area contributed by atoms with Crippen LogP contribution in [0.1, 0.15) is 11.6 Å². The molecule has 0 radical (unpaired) electrons. The first kappa shape index (κ1) is 9.54. The third-order valence-corrected chi connectivity index (χ3v) is 1.70. The highest BCUT2D eigenvalue weighted by molar-refractivity contribution is 5.72. The molecule has 4 nitrogen and oxygen atoms in total. The van der Waals surface area contributed by atoms with Crippen LogP contribution in [0.3, 0.4) is 0 Å². The molecule has 0 saturated carbocycles. The summed E-state index contributed by atoms with van der Waals surface area (Å²) in [6.45, 7) is -0.160. The Hall–Kier alpha value is -1.55. The third-order valence-electron chi connectivity index (χ3n) is 1.70. The smallest absolute Gasteiger partial charge is 0.312 e. The molecule has 0 saturated heterocycles. The number of rotatable bonds is 3. The van der Waals surface area contributed by atoms with E-state index >= 15 is 0 Å². The van der Waals surface area contributed by atoms with E-state index in [1.54, 1.807) is 0 Å². The van der Waals surface area contributed by atoms with E-state index in [1.165, 1.54) is 0 Å². The van der Waals surface area contributed by atoms with Crippen molar-refractivity contribution in [2.75, 3.05) is 6.61 Å². The number of benzene rings is 1. The fourth-order valence-electron chi connectivity index (χ4n) is 1.09. The Kier molecular flexibility index (Phi) is 3.28. The molecule has 0 aliphatic heterocycles. The van der Waals surface area contributed by atoms with Crippen LogP contribution < -0.4 is 11.1 Å². The summed E-state index contributed by atoms with van der Waals surface area (Å²) in [7, 11) is 0. The van der Waals surface area contributed by atoms with Crippen molar-refractivity contribution in [1.29, 1.82) is 0 Å². The Morgan fingerprint density at radius 1 is 1.46 bits per heavy atom. The van der Waals surface area contributed by atoms with Gasteiger partial charge in [-0.15, -0.1) is 0 Å². The maximum atomic E-state index is 10.5. The standard InChI is InChI=1S/C9H12N2O2/c10-9(13)11-8(6-12)7-4-2-1-3-5-7/h1-5,8,12H,6H2,(H3,10,11,13). The van der Waals surface area contributed by atoms with E-state index in [-0.39, 0.29) is 6.61 Å². The van der Waals surface area contributed by atoms with Crippen LogP contribution in [-0.4, -0.2) is 17.7 Å². The minimum atomic E-state index is -0.636. The van der Waals surface area contributed by atoms with Crippen LogP contribution in [-0.2, 0) is 0 Å². The van der Waals surface area contributed by atoms with E-state index in [4.69, 9.17) is 10.8 Å². The Morgan fingerprint density at radius 2 is 2.08 bits per heavy atom. The van der Waals surface area contributed by atoms with E-state index in [2.05, 4.69) is 5.32 Å². The van der Waals surface area contributed by atoms with Gasteiger partial charge in [-0.3, -0.25) is 0 Å². The lowest BCUT2D eigenvalue weighted by Gasteiger charge is -2.14. The summed E-state index contributed by atoms with van der Waals surface area (Å²) in [6.07, 6.45) is 0. The average molecular weight is 180 g/mol. The van der Waals surface area contributed by atoms with Gasteiger partial charge < -0.3 is 16.2 Å². The maximum Gasteiger partial charge on any atom is 0.312 e. The zero-order valence-corrected chi connectivity index (χ0v) is 7.10. The molecule has 0 spiro atoms. The molecule has 1 atom stereocenters. The maximum absolute atomic E-state index is 10.5. The summed E-state index contributed by atoms with van der Waals surface area (Å²) < 4.78 is 0. The molecular formula is C9H12N2O2. The number of urea groups is 1. The Balaban J connectivity index is 2.73. The Morgan fingerprint density at radius 3 is 2.54 bits per heavy atom. The molecule has 0 aliphatic rings. The normalized spacial score (nSPS) is 12.1. The average Bonchev–Trinajstić information content (AvgIpc) is 2.15. The first-order valence-corrected chi connectivity index (χ1v) is 3.96. The van der Waals surface area contributed by atoms with E-state index in [0.717, 1.165) is 5.56 Å². The molecule has 70 valence electrons. The van der Waals surface area contributed by atoms with E-state index < -0.39 is 12.1 Å². The second-order valence-electron chi connectivity index (χ2n) is 2.65. The number of hydrogen-bond donors (Lipinski definition) is 3. The zero-order chi connectivity index (χ0) is 9.68. The predicted octanol–water partition coefficient (Wildman–Crippen LogP) is 0.388. The number of hydrogen-bond acceptors (Lipinski definition) is 2. The molecule has 1 aromatic carbocycles. The molecule has 0 heterocycles. The van der Waals surface area contributed by atoms with Crippen molar-refractivity contribution >= 4 is 6.03 Å². The van der Waals surface area contributed by atoms with Gasteiger partial charge in [0.2, 0.25) is 0 Å². The Bertz CT molecular complexity index is 274. The van der Waals surface area contributed by atoms with Crippen LogP contribution in [0.15, 0.2) is 30.3 Å². The van der Waals surface area contributed by atoms with Gasteiger partial charge in [0, 0.05) is 0 Å². The summed E-state index contributed by atoms with van der Waals surface area (Å²) in [6, 6.07) is 8.11. The molecule has 0 aliphatic carbocycles. The van der Waals surface area contributed by atoms with Gasteiger partial charge in [0.25, 0.3) is 0 Å². The van der Waals surface area contributed by atoms with Crippen LogP contribution >= 0.6 is 0 Å². The fraction of sp³-hybridized carbons (Fsp3) is 0.222. The lowest BCUT2D eigenvalue weighted by Crippen LogP contribution is -2.34. The van der Waals surface area contributed by atoms with Gasteiger partial charge in [0.15, 0.2) is 0 Å². The number of carbonyl (C=O) groups excluding carboxylic acids is 1. The van der Waals surface area contributed by atoms with Crippen LogP contribution in [0.5, 0.6) is 0 Å². The fourth-order valence-corrected chi connectivity index (χ4v) is 1.09. The van der Waals surface area contributed by atoms with Gasteiger partial charge in [0.1, 0.15) is 0 Å². The van der Waals surface area contributed by atoms with Crippen molar-refractivity contribution in [2.24, 2.45) is 5.73 Å². The lowest BCUT2D eigenvalue weighted by molar-refractivity contribution is 0.223. The quantitative estimate of drug-likeness (QED) is 0.629. The van der Waals surface area contributed by atoms with Crippen molar-refractivity contribution in [3.8, 4) is 0 Å². The van der Waals surface area contributed by atoms with E-state index in [0.29, 0.717) is 0 Å². The molecule has 1 rings (SSSR count). The van der Waals surface area contributed by atoms with Crippen molar-refractivity contribution in [3.63, 3.8) is 0 Å². The minimum absolute atomic E-state index is 0.160. The number of nitrogens with one attached hydrogen (secondary N) is 1. The van der Waals surface area contributed by atoms with Crippen molar-refractivity contribution in [3.05, 3.63) is 35.9 Å². The minimum Gasteiger partial charge on any atom is -0.394 e. The second-order valence-corrected chi connectivity index (χ2v) is 2.65. The molecule has 4 heteroatoms. The topological polar surface area (TPSA) is 75.4 Å². The van der Waals surface area contributed by atoms with Gasteiger partial charge >= 0.3 is 6.03 Å². The second kappa shape index (κ2) is 4.47. The summed E-state index contributed by atoms with van der Waals surface area (Å²) in [5.41, 5.74) is 5.78. The number of aliphatic hydroxyl groups excluding tert-OH is 1. The molecule has 4 N–H and O–H groups in total. The first-order chi connectivity index (χ1) is 6.24. The molecule has 13 heavy (non-hydrogen) atoms. The number of amides is 2. The van der Waals surface area contributed by atoms with E-state index in [1.807, 2.05) is 30.3 Å². The SMILES string of the molecule is NC(=O)NC(CO)c1ccccc1. The summed E-state index contributed by atoms with van der Waals surface area (Å²) >= 11 is 0. The van der Waals surface area contributed by atoms with Crippen LogP contribution in [0.25, 0.3) is 0 Å². The lowest BCUT2D eigenvalue weighted by atomic mass is 10.1. The first-order valence-electron chi connectivity index (χ1n) is 3.96. The zero-order valence-electron chi connectivity index (χ0n) is 7.10. The molecular weight excluding hydrogens is 168 g/mol. The van der Waals surface area contributed by atoms with Gasteiger partial charge in [0.05, 0.1) is 12.6 Å². The number of primary amides is 1. The molecule has 2 amide bonds. The molecule has 1 unspecified atom stereocenters. The van der Waals surface area contributed by atoms with Gasteiger partial charge in [-0.1, -0.05) is 30.3 Å². The summed E-state index contributed by atoms with van der Waals surface area (Å²) in [5.74, 6) is 0. The van der Waals surface area contributed by atoms with Gasteiger partial charge in [-0.25, -0.2) is 4.79 Å². The highest BCUT2D eigenvalue weighted by Crippen LogP contribution is 2.10. The third kappa shape index (κ3) is 2.76. The van der Waals surface area contributed by atoms with E-state index in [9.17, 15) is 4.79 Å². The summed E-state index contributed by atoms with van der Waals surface area (Å²) in [5, 5.41) is 11.4. The summed E-state index contributed by atoms with van der Waals surface area (Å²) in [4.78, 5) is 10.5. The van der Waals surface area contributed by atoms with Crippen LogP contribution in [0.2, 0.25) is 0 Å². The number of nitrogens with two attached hydrogens (primary N) is 1. The van der Waals surface area contributed by atoms with Crippen LogP contribution in [0, 0.1) is 0 Å². The molecule has 0 aromatic heterocycles. The van der Waals surface area contributed by atoms with Gasteiger partial charge in [-0.05, 0) is 5.56 Å². The predicted molar refractivity (Wildman–Crippen MR) is 49.0 cm³/mol. The largest absolute Gasteiger partial charge is 0.394 e. The highest BCUT2D eigenvalue weighted by Gasteiger charge is 2.10. The van der Waals surface area contributed by atoms with Crippen LogP contribution in [0.4, 0.5) is 4.79 Å². The number of carbonyl (C=O) groups is 1. The van der Waals surface area contributed by atoms with Crippen molar-refractivity contribution in [1.82, 2.24) is 5.32 Å². The monoisotopic (exact) mass is 180 g/mol. The van der Waals surface area contributed by atoms with Gasteiger partial charge in [-0.2, -0.15) is 0 Å². The van der Waals surface area contributed by atoms with Crippen molar-refractivity contribution < 1.29 is 9.90 Å². The number of aliphatic hydroxyl groups is 1. The molecule has 0 fully saturated rings. The Labute approximate surface area is 76.4 Å². The molecule has 0 bridgehead atoms.